The van der Waals surface area contributed by atoms with E-state index in [1.54, 1.807) is 6.20 Å². The quantitative estimate of drug-likeness (QED) is 0.248. The van der Waals surface area contributed by atoms with Gasteiger partial charge in [0, 0.05) is 25.2 Å². The van der Waals surface area contributed by atoms with Gasteiger partial charge in [-0.2, -0.15) is 9.97 Å². The number of aliphatic hydroxyl groups is 2. The van der Waals surface area contributed by atoms with Crippen molar-refractivity contribution in [3.8, 4) is 0 Å². The van der Waals surface area contributed by atoms with Gasteiger partial charge >= 0.3 is 11.4 Å². The van der Waals surface area contributed by atoms with Crippen molar-refractivity contribution >= 4 is 65.1 Å². The molecule has 0 aromatic carbocycles. The molecule has 0 bridgehead atoms. The number of aromatic nitrogens is 4. The van der Waals surface area contributed by atoms with Crippen molar-refractivity contribution in [2.45, 2.75) is 102 Å². The molecule has 0 saturated carbocycles. The molecule has 6 atom stereocenters. The van der Waals surface area contributed by atoms with Crippen molar-refractivity contribution in [2.24, 2.45) is 0 Å². The molecule has 2 aliphatic rings. The molecule has 0 radical (unpaired) electrons. The number of anilines is 2. The van der Waals surface area contributed by atoms with Crippen LogP contribution in [0.3, 0.4) is 0 Å². The van der Waals surface area contributed by atoms with Crippen LogP contribution in [0.15, 0.2) is 22.0 Å². The van der Waals surface area contributed by atoms with Crippen molar-refractivity contribution in [2.75, 3.05) is 18.1 Å². The van der Waals surface area contributed by atoms with Gasteiger partial charge in [0.1, 0.15) is 30.2 Å². The second-order valence-corrected chi connectivity index (χ2v) is 18.7. The van der Waals surface area contributed by atoms with Crippen LogP contribution in [0.5, 0.6) is 0 Å². The molecule has 2 unspecified atom stereocenters. The maximum atomic E-state index is 12.2. The molecule has 2 fully saturated rings. The number of hydrogen-bond donors (Lipinski definition) is 4. The molecule has 0 spiro atoms. The van der Waals surface area contributed by atoms with Crippen LogP contribution < -0.4 is 22.8 Å². The number of nitrogens with zero attached hydrogens (tertiary/aromatic N) is 4. The molecular weight excluding hydrogens is 778 g/mol. The predicted octanol–water partition coefficient (Wildman–Crippen LogP) is 2.59. The van der Waals surface area contributed by atoms with E-state index in [4.69, 9.17) is 30.5 Å². The molecule has 13 nitrogen and oxygen atoms in total. The van der Waals surface area contributed by atoms with E-state index in [-0.39, 0.29) is 53.8 Å². The SMILES string of the molecule is CC[C@H]1O[C@@H](n2cc(I)c(N)nc2=O)CC1O[Si](C)(C)C(C)(C)C.Nc1nc(=O)n([C@H]2CC(O)[C@@H](CO)O2)cc1I. The van der Waals surface area contributed by atoms with Crippen molar-refractivity contribution in [3.63, 3.8) is 0 Å². The Morgan fingerprint density at radius 1 is 1.00 bits per heavy atom. The highest BCUT2D eigenvalue weighted by atomic mass is 127. The second kappa shape index (κ2) is 13.6. The molecule has 16 heteroatoms. The van der Waals surface area contributed by atoms with Gasteiger partial charge in [0.05, 0.1) is 32.1 Å². The van der Waals surface area contributed by atoms with Gasteiger partial charge in [-0.1, -0.05) is 27.7 Å². The van der Waals surface area contributed by atoms with E-state index in [2.05, 4.69) is 73.3 Å². The Kier molecular flexibility index (Phi) is 11.4. The third-order valence-electron chi connectivity index (χ3n) is 7.71. The standard InChI is InChI=1S/C16H28IN3O3Si.C9H12IN3O4/c1-7-11-12(23-24(5,6)16(2,3)4)8-13(22-11)20-9-10(17)14(18)19-15(20)21;10-4-2-13(9(16)12-8(4)11)7-1-5(15)6(3-14)17-7/h9,11-13H,7-8H2,1-6H3,(H2,18,19,21);2,5-7,14-15H,1,3H2,(H2,11,12,16)/t11-,12?,13-;5?,6-,7-/m11/s1. The van der Waals surface area contributed by atoms with Crippen molar-refractivity contribution in [3.05, 3.63) is 40.5 Å². The van der Waals surface area contributed by atoms with Crippen molar-refractivity contribution in [1.82, 2.24) is 19.1 Å². The number of nitrogens with two attached hydrogens (primary N) is 2. The minimum atomic E-state index is -1.90. The van der Waals surface area contributed by atoms with Gasteiger partial charge in [-0.25, -0.2) is 9.59 Å². The van der Waals surface area contributed by atoms with Crippen LogP contribution >= 0.6 is 45.2 Å². The summed E-state index contributed by atoms with van der Waals surface area (Å²) in [5.41, 5.74) is 10.3. The fourth-order valence-electron chi connectivity index (χ4n) is 4.29. The highest BCUT2D eigenvalue weighted by Gasteiger charge is 2.44. The Morgan fingerprint density at radius 3 is 1.88 bits per heavy atom. The Hall–Kier alpha value is -1.16. The number of nitrogen functional groups attached to an aromatic ring is 2. The summed E-state index contributed by atoms with van der Waals surface area (Å²) in [6, 6.07) is 0. The van der Waals surface area contributed by atoms with Gasteiger partial charge in [0.2, 0.25) is 0 Å². The van der Waals surface area contributed by atoms with Crippen molar-refractivity contribution in [1.29, 1.82) is 0 Å². The molecule has 230 valence electrons. The van der Waals surface area contributed by atoms with Gasteiger partial charge in [0.15, 0.2) is 8.32 Å². The molecule has 2 aromatic rings. The molecule has 41 heavy (non-hydrogen) atoms. The number of rotatable bonds is 6. The highest BCUT2D eigenvalue weighted by Crippen LogP contribution is 2.41. The monoisotopic (exact) mass is 818 g/mol. The minimum Gasteiger partial charge on any atom is -0.411 e. The number of halogens is 2. The molecule has 2 aromatic heterocycles. The fraction of sp³-hybridized carbons (Fsp3) is 0.680. The summed E-state index contributed by atoms with van der Waals surface area (Å²) in [6.45, 7) is 13.0. The van der Waals surface area contributed by atoms with E-state index < -0.39 is 32.4 Å². The lowest BCUT2D eigenvalue weighted by atomic mass is 10.1. The topological polar surface area (TPSA) is 190 Å². The zero-order valence-corrected chi connectivity index (χ0v) is 29.4. The first-order valence-electron chi connectivity index (χ1n) is 13.3. The summed E-state index contributed by atoms with van der Waals surface area (Å²) in [6.07, 6.45) is 2.59. The Bertz CT molecular complexity index is 1330. The van der Waals surface area contributed by atoms with Crippen LogP contribution in [0.25, 0.3) is 0 Å². The fourth-order valence-corrected chi connectivity index (χ4v) is 6.49. The average molecular weight is 819 g/mol. The summed E-state index contributed by atoms with van der Waals surface area (Å²) in [4.78, 5) is 31.3. The Balaban J connectivity index is 0.000000239. The van der Waals surface area contributed by atoms with Gasteiger partial charge in [-0.15, -0.1) is 0 Å². The molecule has 0 aliphatic carbocycles. The smallest absolute Gasteiger partial charge is 0.351 e. The number of hydrogen-bond acceptors (Lipinski definition) is 11. The highest BCUT2D eigenvalue weighted by molar-refractivity contribution is 14.1. The summed E-state index contributed by atoms with van der Waals surface area (Å²) >= 11 is 4.04. The summed E-state index contributed by atoms with van der Waals surface area (Å²) in [7, 11) is -1.90. The Labute approximate surface area is 267 Å². The lowest BCUT2D eigenvalue weighted by Gasteiger charge is -2.39. The van der Waals surface area contributed by atoms with Crippen LogP contribution in [0, 0.1) is 7.14 Å². The normalized spacial score (nSPS) is 26.6. The zero-order chi connectivity index (χ0) is 30.9. The zero-order valence-electron chi connectivity index (χ0n) is 24.1. The largest absolute Gasteiger partial charge is 0.411 e. The second-order valence-electron chi connectivity index (χ2n) is 11.6. The number of ether oxygens (including phenoxy) is 2. The molecule has 2 saturated heterocycles. The lowest BCUT2D eigenvalue weighted by molar-refractivity contribution is -0.0459. The minimum absolute atomic E-state index is 0.00278. The van der Waals surface area contributed by atoms with E-state index in [1.165, 1.54) is 15.3 Å². The van der Waals surface area contributed by atoms with Crippen LogP contribution in [-0.2, 0) is 13.9 Å². The number of aliphatic hydroxyl groups excluding tert-OH is 2. The maximum absolute atomic E-state index is 12.2. The molecular formula is C25H40I2N6O7Si. The molecule has 4 heterocycles. The van der Waals surface area contributed by atoms with Crippen molar-refractivity contribution < 1.29 is 24.1 Å². The summed E-state index contributed by atoms with van der Waals surface area (Å²) < 4.78 is 22.2. The third-order valence-corrected chi connectivity index (χ3v) is 13.9. The molecule has 2 aliphatic heterocycles. The predicted molar refractivity (Wildman–Crippen MR) is 174 cm³/mol. The first kappa shape index (κ1) is 34.3. The lowest BCUT2D eigenvalue weighted by Crippen LogP contribution is -2.45. The maximum Gasteiger partial charge on any atom is 0.351 e. The van der Waals surface area contributed by atoms with E-state index in [9.17, 15) is 14.7 Å². The van der Waals surface area contributed by atoms with Gasteiger partial charge < -0.3 is 35.6 Å². The third kappa shape index (κ3) is 8.06. The summed E-state index contributed by atoms with van der Waals surface area (Å²) in [5, 5.41) is 18.7. The summed E-state index contributed by atoms with van der Waals surface area (Å²) in [5.74, 6) is 0.431. The Morgan fingerprint density at radius 2 is 1.46 bits per heavy atom. The van der Waals surface area contributed by atoms with Gasteiger partial charge in [0.25, 0.3) is 0 Å². The molecule has 0 amide bonds. The van der Waals surface area contributed by atoms with E-state index in [0.717, 1.165) is 9.99 Å². The molecule has 4 rings (SSSR count). The first-order valence-corrected chi connectivity index (χ1v) is 18.4. The van der Waals surface area contributed by atoms with Gasteiger partial charge in [-0.3, -0.25) is 9.13 Å². The van der Waals surface area contributed by atoms with Crippen LogP contribution in [-0.4, -0.2) is 68.7 Å². The van der Waals surface area contributed by atoms with Crippen LogP contribution in [0.1, 0.15) is 59.4 Å². The van der Waals surface area contributed by atoms with E-state index >= 15 is 0 Å². The average Bonchev–Trinajstić information content (AvgIpc) is 3.45. The first-order chi connectivity index (χ1) is 19.0. The van der Waals surface area contributed by atoms with E-state index in [1.807, 2.05) is 22.6 Å². The van der Waals surface area contributed by atoms with Crippen LogP contribution in [0.4, 0.5) is 11.6 Å². The van der Waals surface area contributed by atoms with Crippen LogP contribution in [0.2, 0.25) is 18.1 Å². The van der Waals surface area contributed by atoms with Gasteiger partial charge in [-0.05, 0) is 69.7 Å². The van der Waals surface area contributed by atoms with E-state index in [0.29, 0.717) is 9.99 Å². The molecule has 6 N–H and O–H groups in total.